The molecule has 2 rings (SSSR count). The lowest BCUT2D eigenvalue weighted by Gasteiger charge is -2.01. The Balaban J connectivity index is 2.11. The van der Waals surface area contributed by atoms with E-state index in [4.69, 9.17) is 10.3 Å². The van der Waals surface area contributed by atoms with Gasteiger partial charge in [0.15, 0.2) is 5.82 Å². The Morgan fingerprint density at radius 3 is 3.13 bits per heavy atom. The van der Waals surface area contributed by atoms with Crippen LogP contribution in [0.25, 0.3) is 11.6 Å². The zero-order chi connectivity index (χ0) is 10.7. The smallest absolute Gasteiger partial charge is 0.239 e. The summed E-state index contributed by atoms with van der Waals surface area (Å²) in [4.78, 5) is 8.10. The summed E-state index contributed by atoms with van der Waals surface area (Å²) in [6.07, 6.45) is 2.07. The highest BCUT2D eigenvalue weighted by molar-refractivity contribution is 5.39. The van der Waals surface area contributed by atoms with E-state index in [9.17, 15) is 0 Å². The van der Waals surface area contributed by atoms with E-state index in [1.54, 1.807) is 0 Å². The third-order valence-electron chi connectivity index (χ3n) is 2.02. The predicted octanol–water partition coefficient (Wildman–Crippen LogP) is -0.00800. The van der Waals surface area contributed by atoms with Crippen LogP contribution in [0, 0.1) is 5.92 Å². The summed E-state index contributed by atoms with van der Waals surface area (Å²) in [6, 6.07) is 0. The number of aromatic amines is 1. The first-order valence-electron chi connectivity index (χ1n) is 4.68. The Bertz CT molecular complexity index is 408. The number of nitrogens with one attached hydrogen (secondary N) is 1. The number of hydrogen-bond donors (Lipinski definition) is 2. The van der Waals surface area contributed by atoms with Gasteiger partial charge in [0, 0.05) is 6.42 Å². The maximum absolute atomic E-state index is 5.50. The number of H-pyrrole nitrogens is 1. The molecule has 1 unspecified atom stereocenters. The fourth-order valence-corrected chi connectivity index (χ4v) is 1.13. The lowest BCUT2D eigenvalue weighted by Crippen LogP contribution is -2.13. The lowest BCUT2D eigenvalue weighted by molar-refractivity contribution is 0.359. The normalized spacial score (nSPS) is 12.9. The summed E-state index contributed by atoms with van der Waals surface area (Å²) in [7, 11) is 0. The molecule has 2 aromatic heterocycles. The molecule has 0 aliphatic rings. The van der Waals surface area contributed by atoms with Gasteiger partial charge in [-0.3, -0.25) is 5.10 Å². The average molecular weight is 208 g/mol. The molecule has 0 aromatic carbocycles. The van der Waals surface area contributed by atoms with E-state index in [-0.39, 0.29) is 0 Å². The Kier molecular flexibility index (Phi) is 2.72. The minimum Gasteiger partial charge on any atom is -0.339 e. The molecule has 1 atom stereocenters. The van der Waals surface area contributed by atoms with Gasteiger partial charge in [0.2, 0.25) is 11.7 Å². The molecule has 0 aliphatic carbocycles. The Morgan fingerprint density at radius 2 is 2.47 bits per heavy atom. The van der Waals surface area contributed by atoms with E-state index < -0.39 is 0 Å². The van der Waals surface area contributed by atoms with Crippen molar-refractivity contribution in [3.63, 3.8) is 0 Å². The molecule has 0 saturated carbocycles. The second-order valence-corrected chi connectivity index (χ2v) is 3.39. The lowest BCUT2D eigenvalue weighted by atomic mass is 10.1. The van der Waals surface area contributed by atoms with Crippen LogP contribution < -0.4 is 5.73 Å². The molecule has 0 radical (unpaired) electrons. The SMILES string of the molecule is CC(CN)Cc1nc(-c2ncn[nH]2)no1. The number of aromatic nitrogens is 5. The van der Waals surface area contributed by atoms with Crippen molar-refractivity contribution in [1.82, 2.24) is 25.3 Å². The highest BCUT2D eigenvalue weighted by atomic mass is 16.5. The number of nitrogens with two attached hydrogens (primary N) is 1. The minimum absolute atomic E-state index is 0.327. The average Bonchev–Trinajstić information content (AvgIpc) is 2.85. The quantitative estimate of drug-likeness (QED) is 0.732. The Morgan fingerprint density at radius 1 is 1.60 bits per heavy atom. The van der Waals surface area contributed by atoms with Crippen molar-refractivity contribution >= 4 is 0 Å². The topological polar surface area (TPSA) is 107 Å². The third kappa shape index (κ3) is 2.18. The second kappa shape index (κ2) is 4.18. The third-order valence-corrected chi connectivity index (χ3v) is 2.02. The van der Waals surface area contributed by atoms with E-state index in [2.05, 4.69) is 25.3 Å². The largest absolute Gasteiger partial charge is 0.339 e. The fourth-order valence-electron chi connectivity index (χ4n) is 1.13. The summed E-state index contributed by atoms with van der Waals surface area (Å²) in [5.41, 5.74) is 5.50. The molecule has 80 valence electrons. The van der Waals surface area contributed by atoms with Crippen LogP contribution in [-0.4, -0.2) is 31.9 Å². The molecule has 0 aliphatic heterocycles. The molecule has 0 fully saturated rings. The van der Waals surface area contributed by atoms with E-state index in [0.717, 1.165) is 0 Å². The van der Waals surface area contributed by atoms with Gasteiger partial charge in [-0.2, -0.15) is 10.1 Å². The summed E-state index contributed by atoms with van der Waals surface area (Å²) in [5, 5.41) is 10.2. The van der Waals surface area contributed by atoms with Crippen molar-refractivity contribution in [2.45, 2.75) is 13.3 Å². The molecular formula is C8H12N6O. The standard InChI is InChI=1S/C8H12N6O/c1-5(3-9)2-6-12-8(14-15-6)7-10-4-11-13-7/h4-5H,2-3,9H2,1H3,(H,10,11,13). The summed E-state index contributed by atoms with van der Waals surface area (Å²) in [5.74, 6) is 1.82. The Hall–Kier alpha value is -1.76. The van der Waals surface area contributed by atoms with E-state index in [1.807, 2.05) is 6.92 Å². The molecule has 0 bridgehead atoms. The highest BCUT2D eigenvalue weighted by Crippen LogP contribution is 2.11. The zero-order valence-electron chi connectivity index (χ0n) is 8.34. The van der Waals surface area contributed by atoms with Crippen LogP contribution in [0.15, 0.2) is 10.9 Å². The van der Waals surface area contributed by atoms with Crippen LogP contribution in [-0.2, 0) is 6.42 Å². The molecule has 3 N–H and O–H groups in total. The van der Waals surface area contributed by atoms with Gasteiger partial charge in [-0.1, -0.05) is 12.1 Å². The van der Waals surface area contributed by atoms with Gasteiger partial charge >= 0.3 is 0 Å². The van der Waals surface area contributed by atoms with Gasteiger partial charge in [-0.15, -0.1) is 0 Å². The molecular weight excluding hydrogens is 196 g/mol. The first-order valence-corrected chi connectivity index (χ1v) is 4.68. The minimum atomic E-state index is 0.327. The van der Waals surface area contributed by atoms with Crippen LogP contribution in [0.5, 0.6) is 0 Å². The number of nitrogens with zero attached hydrogens (tertiary/aromatic N) is 4. The number of hydrogen-bond acceptors (Lipinski definition) is 6. The van der Waals surface area contributed by atoms with E-state index >= 15 is 0 Å². The first-order chi connectivity index (χ1) is 7.29. The summed E-state index contributed by atoms with van der Waals surface area (Å²) in [6.45, 7) is 2.62. The molecule has 0 saturated heterocycles. The zero-order valence-corrected chi connectivity index (χ0v) is 8.34. The molecule has 0 spiro atoms. The maximum atomic E-state index is 5.50. The first kappa shape index (κ1) is 9.78. The maximum Gasteiger partial charge on any atom is 0.239 e. The van der Waals surface area contributed by atoms with Gasteiger partial charge in [-0.25, -0.2) is 4.98 Å². The van der Waals surface area contributed by atoms with Crippen LogP contribution in [0.4, 0.5) is 0 Å². The molecule has 7 nitrogen and oxygen atoms in total. The van der Waals surface area contributed by atoms with Gasteiger partial charge in [0.25, 0.3) is 0 Å². The van der Waals surface area contributed by atoms with Crippen molar-refractivity contribution in [3.05, 3.63) is 12.2 Å². The molecule has 15 heavy (non-hydrogen) atoms. The molecule has 0 amide bonds. The van der Waals surface area contributed by atoms with Crippen molar-refractivity contribution in [1.29, 1.82) is 0 Å². The van der Waals surface area contributed by atoms with Crippen LogP contribution in [0.1, 0.15) is 12.8 Å². The summed E-state index contributed by atoms with van der Waals surface area (Å²) < 4.78 is 5.06. The van der Waals surface area contributed by atoms with E-state index in [1.165, 1.54) is 6.33 Å². The second-order valence-electron chi connectivity index (χ2n) is 3.39. The van der Waals surface area contributed by atoms with Crippen molar-refractivity contribution in [3.8, 4) is 11.6 Å². The van der Waals surface area contributed by atoms with Gasteiger partial charge in [0.1, 0.15) is 6.33 Å². The predicted molar refractivity (Wildman–Crippen MR) is 51.6 cm³/mol. The Labute approximate surface area is 86.1 Å². The summed E-state index contributed by atoms with van der Waals surface area (Å²) >= 11 is 0. The van der Waals surface area contributed by atoms with Gasteiger partial charge in [0.05, 0.1) is 0 Å². The molecule has 2 aromatic rings. The molecule has 2 heterocycles. The number of rotatable bonds is 4. The van der Waals surface area contributed by atoms with Gasteiger partial charge in [-0.05, 0) is 12.5 Å². The van der Waals surface area contributed by atoms with Crippen LogP contribution in [0.3, 0.4) is 0 Å². The van der Waals surface area contributed by atoms with Gasteiger partial charge < -0.3 is 10.3 Å². The van der Waals surface area contributed by atoms with Crippen molar-refractivity contribution in [2.24, 2.45) is 11.7 Å². The fraction of sp³-hybridized carbons (Fsp3) is 0.500. The van der Waals surface area contributed by atoms with Crippen molar-refractivity contribution in [2.75, 3.05) is 6.54 Å². The van der Waals surface area contributed by atoms with Crippen molar-refractivity contribution < 1.29 is 4.52 Å². The molecule has 7 heteroatoms. The van der Waals surface area contributed by atoms with E-state index in [0.29, 0.717) is 36.4 Å². The monoisotopic (exact) mass is 208 g/mol. The van der Waals surface area contributed by atoms with Crippen LogP contribution in [0.2, 0.25) is 0 Å². The highest BCUT2D eigenvalue weighted by Gasteiger charge is 2.12. The van der Waals surface area contributed by atoms with Crippen LogP contribution >= 0.6 is 0 Å².